The fourth-order valence-electron chi connectivity index (χ4n) is 4.26. The van der Waals surface area contributed by atoms with Crippen molar-refractivity contribution in [2.75, 3.05) is 11.6 Å². The van der Waals surface area contributed by atoms with Gasteiger partial charge in [-0.3, -0.25) is 9.29 Å². The Balaban J connectivity index is 1.26. The number of imidazole rings is 1. The number of halogens is 3. The summed E-state index contributed by atoms with van der Waals surface area (Å²) in [6.45, 7) is 1.82. The molecular weight excluding hydrogens is 575 g/mol. The van der Waals surface area contributed by atoms with E-state index in [1.807, 2.05) is 43.3 Å². The van der Waals surface area contributed by atoms with Crippen LogP contribution in [0.1, 0.15) is 11.1 Å². The molecule has 1 unspecified atom stereocenters. The largest absolute Gasteiger partial charge is 0.612 e. The Morgan fingerprint density at radius 3 is 2.63 bits per heavy atom. The van der Waals surface area contributed by atoms with Crippen LogP contribution >= 0.6 is 12.1 Å². The van der Waals surface area contributed by atoms with Gasteiger partial charge >= 0.3 is 12.4 Å². The van der Waals surface area contributed by atoms with Gasteiger partial charge in [0.1, 0.15) is 24.0 Å². The Hall–Kier alpha value is -4.20. The number of nitrogens with zero attached hydrogens (tertiary/aromatic N) is 3. The number of rotatable bonds is 7. The van der Waals surface area contributed by atoms with Crippen LogP contribution in [0.5, 0.6) is 5.75 Å². The number of para-hydroxylation sites is 1. The van der Waals surface area contributed by atoms with Crippen LogP contribution in [0.15, 0.2) is 88.4 Å². The fourth-order valence-corrected chi connectivity index (χ4v) is 5.39. The molecule has 0 bridgehead atoms. The quantitative estimate of drug-likeness (QED) is 0.120. The van der Waals surface area contributed by atoms with Crippen molar-refractivity contribution < 1.29 is 27.3 Å². The second-order valence-electron chi connectivity index (χ2n) is 8.85. The number of hydrogen-bond acceptors (Lipinski definition) is 6. The van der Waals surface area contributed by atoms with E-state index >= 15 is 0 Å². The molecule has 2 amide bonds. The highest BCUT2D eigenvalue weighted by atomic mass is 32.2. The predicted octanol–water partition coefficient (Wildman–Crippen LogP) is 6.93. The Labute approximate surface area is 240 Å². The lowest BCUT2D eigenvalue weighted by Gasteiger charge is -2.13. The van der Waals surface area contributed by atoms with Crippen molar-refractivity contribution >= 4 is 63.0 Å². The minimum atomic E-state index is -4.75. The number of urea groups is 1. The summed E-state index contributed by atoms with van der Waals surface area (Å²) in [7, 11) is 0. The maximum Gasteiger partial charge on any atom is 0.573 e. The van der Waals surface area contributed by atoms with Gasteiger partial charge in [-0.2, -0.15) is 0 Å². The van der Waals surface area contributed by atoms with Gasteiger partial charge < -0.3 is 14.6 Å². The highest BCUT2D eigenvalue weighted by Crippen LogP contribution is 2.29. The molecule has 0 saturated carbocycles. The number of ether oxygens (including phenoxy) is 1. The molecule has 4 aromatic carbocycles. The van der Waals surface area contributed by atoms with Crippen LogP contribution in [0, 0.1) is 6.92 Å². The zero-order valence-electron chi connectivity index (χ0n) is 21.6. The summed E-state index contributed by atoms with van der Waals surface area (Å²) in [5.41, 5.74) is 4.26. The summed E-state index contributed by atoms with van der Waals surface area (Å²) in [5.74, 6) is -0.297. The number of aromatic nitrogens is 2. The van der Waals surface area contributed by atoms with Crippen LogP contribution in [-0.4, -0.2) is 39.0 Å². The summed E-state index contributed by atoms with van der Waals surface area (Å²) in [5, 5.41) is 4.53. The molecule has 0 aliphatic heterocycles. The smallest absolute Gasteiger partial charge is 0.573 e. The minimum absolute atomic E-state index is 0.297. The van der Waals surface area contributed by atoms with Gasteiger partial charge in [0.15, 0.2) is 4.90 Å². The lowest BCUT2D eigenvalue weighted by molar-refractivity contribution is -0.274. The van der Waals surface area contributed by atoms with Crippen molar-refractivity contribution in [1.82, 2.24) is 14.3 Å². The first-order chi connectivity index (χ1) is 19.6. The van der Waals surface area contributed by atoms with Crippen molar-refractivity contribution in [2.24, 2.45) is 4.40 Å². The van der Waals surface area contributed by atoms with Gasteiger partial charge in [0.05, 0.1) is 23.2 Å². The van der Waals surface area contributed by atoms with Gasteiger partial charge in [-0.15, -0.1) is 13.2 Å². The van der Waals surface area contributed by atoms with Crippen molar-refractivity contribution in [2.45, 2.75) is 18.2 Å². The second-order valence-corrected chi connectivity index (χ2v) is 10.8. The highest BCUT2D eigenvalue weighted by Gasteiger charge is 2.31. The number of anilines is 1. The van der Waals surface area contributed by atoms with E-state index in [4.69, 9.17) is 0 Å². The van der Waals surface area contributed by atoms with E-state index in [0.717, 1.165) is 45.1 Å². The first-order valence-corrected chi connectivity index (χ1v) is 14.4. The van der Waals surface area contributed by atoms with Crippen LogP contribution in [0.25, 0.3) is 27.5 Å². The number of alkyl halides is 3. The maximum absolute atomic E-state index is 12.5. The Morgan fingerprint density at radius 2 is 1.90 bits per heavy atom. The molecule has 13 heteroatoms. The van der Waals surface area contributed by atoms with Crippen molar-refractivity contribution in [3.63, 3.8) is 0 Å². The molecule has 8 nitrogen and oxygen atoms in total. The minimum Gasteiger partial charge on any atom is -0.612 e. The molecule has 0 spiro atoms. The van der Waals surface area contributed by atoms with Crippen molar-refractivity contribution in [3.8, 4) is 11.4 Å². The summed E-state index contributed by atoms with van der Waals surface area (Å²) < 4.78 is 61.9. The molecule has 5 rings (SSSR count). The molecule has 5 aromatic rings. The fraction of sp³-hybridized carbons (Fsp3) is 0.107. The zero-order valence-corrected chi connectivity index (χ0v) is 23.2. The number of nitrogens with one attached hydrogen (secondary N) is 2. The van der Waals surface area contributed by atoms with Crippen molar-refractivity contribution in [1.29, 1.82) is 0 Å². The van der Waals surface area contributed by atoms with Crippen LogP contribution in [0.4, 0.5) is 23.7 Å². The third kappa shape index (κ3) is 6.59. The molecule has 1 aromatic heterocycles. The molecule has 210 valence electrons. The third-order valence-corrected chi connectivity index (χ3v) is 7.53. The molecule has 0 saturated heterocycles. The molecule has 2 N–H and O–H groups in total. The molecule has 0 aliphatic carbocycles. The van der Waals surface area contributed by atoms with Gasteiger partial charge in [0, 0.05) is 17.3 Å². The Morgan fingerprint density at radius 1 is 1.12 bits per heavy atom. The third-order valence-electron chi connectivity index (χ3n) is 6.08. The van der Waals surface area contributed by atoms with Crippen molar-refractivity contribution in [3.05, 3.63) is 90.3 Å². The SMILES string of the molecule is Cc1cccc([S+](C)[O-])c1NC(=O)NS/N=C/c1ccc2c(ccc3c2ncn3-c2ccc(OC(F)(F)F)cc2)c1. The molecule has 1 atom stereocenters. The molecule has 0 fully saturated rings. The number of amides is 2. The zero-order chi connectivity index (χ0) is 29.1. The van der Waals surface area contributed by atoms with E-state index in [-0.39, 0.29) is 5.75 Å². The second kappa shape index (κ2) is 11.7. The number of benzene rings is 4. The maximum atomic E-state index is 12.5. The molecular formula is C28H22F3N5O3S2. The Bertz CT molecular complexity index is 1760. The first-order valence-electron chi connectivity index (χ1n) is 12.0. The summed E-state index contributed by atoms with van der Waals surface area (Å²) >= 11 is -0.403. The van der Waals surface area contributed by atoms with E-state index in [2.05, 4.69) is 24.2 Å². The lowest BCUT2D eigenvalue weighted by Crippen LogP contribution is -2.24. The lowest BCUT2D eigenvalue weighted by atomic mass is 10.1. The van der Waals surface area contributed by atoms with E-state index in [9.17, 15) is 22.5 Å². The van der Waals surface area contributed by atoms with Crippen LogP contribution in [0.3, 0.4) is 0 Å². The topological polar surface area (TPSA) is 104 Å². The van der Waals surface area contributed by atoms with E-state index in [1.165, 1.54) is 24.3 Å². The van der Waals surface area contributed by atoms with Gasteiger partial charge in [0.2, 0.25) is 0 Å². The summed E-state index contributed by atoms with van der Waals surface area (Å²) in [4.78, 5) is 17.4. The normalized spacial score (nSPS) is 12.6. The average molecular weight is 598 g/mol. The van der Waals surface area contributed by atoms with Crippen LogP contribution in [-0.2, 0) is 11.2 Å². The standard InChI is InChI=1S/C28H22F3N5O3S2/c1-17-4-3-5-24(41(2)38)25(17)34-27(37)35-40-33-15-18-6-12-22-19(14-18)7-13-23-26(22)32-16-36(23)20-8-10-21(11-9-20)39-28(29,30)31/h3-16H,1-2H3,(H2,34,35,37)/b33-15+. The Kier molecular flexibility index (Phi) is 8.10. The first kappa shape index (κ1) is 28.3. The molecule has 41 heavy (non-hydrogen) atoms. The van der Waals surface area contributed by atoms with E-state index in [1.54, 1.807) is 35.5 Å². The monoisotopic (exact) mass is 597 g/mol. The molecule has 0 aliphatic rings. The number of carbonyl (C=O) groups excluding carboxylic acids is 1. The van der Waals surface area contributed by atoms with Crippen LogP contribution < -0.4 is 14.8 Å². The number of aryl methyl sites for hydroxylation is 1. The van der Waals surface area contributed by atoms with Crippen LogP contribution in [0.2, 0.25) is 0 Å². The summed E-state index contributed by atoms with van der Waals surface area (Å²) in [6.07, 6.45) is 0.0258. The van der Waals surface area contributed by atoms with Gasteiger partial charge in [-0.1, -0.05) is 30.3 Å². The van der Waals surface area contributed by atoms with E-state index in [0.29, 0.717) is 16.3 Å². The van der Waals surface area contributed by atoms with Gasteiger partial charge in [-0.05, 0) is 77.1 Å². The number of fused-ring (bicyclic) bond motifs is 3. The molecule has 1 heterocycles. The number of hydrogen-bond donors (Lipinski definition) is 2. The molecule has 0 radical (unpaired) electrons. The van der Waals surface area contributed by atoms with Gasteiger partial charge in [-0.25, -0.2) is 14.2 Å². The van der Waals surface area contributed by atoms with Gasteiger partial charge in [0.25, 0.3) is 0 Å². The summed E-state index contributed by atoms with van der Waals surface area (Å²) in [6, 6.07) is 19.9. The average Bonchev–Trinajstić information content (AvgIpc) is 3.36. The predicted molar refractivity (Wildman–Crippen MR) is 156 cm³/mol. The highest BCUT2D eigenvalue weighted by molar-refractivity contribution is 7.96. The van der Waals surface area contributed by atoms with E-state index < -0.39 is 23.6 Å². The number of carbonyl (C=O) groups is 1.